The highest BCUT2D eigenvalue weighted by molar-refractivity contribution is 5.79. The van der Waals surface area contributed by atoms with Gasteiger partial charge in [0.1, 0.15) is 0 Å². The van der Waals surface area contributed by atoms with E-state index in [9.17, 15) is 19.5 Å². The van der Waals surface area contributed by atoms with E-state index >= 15 is 0 Å². The molecule has 42 heavy (non-hydrogen) atoms. The zero-order chi connectivity index (χ0) is 30.4. The molecule has 3 atom stereocenters. The fourth-order valence-electron chi connectivity index (χ4n) is 6.31. The van der Waals surface area contributed by atoms with Gasteiger partial charge in [-0.15, -0.1) is 0 Å². The minimum atomic E-state index is -0.921. The lowest BCUT2D eigenvalue weighted by atomic mass is 9.84. The zero-order valence-electron chi connectivity index (χ0n) is 25.7. The van der Waals surface area contributed by atoms with Gasteiger partial charge in [0, 0.05) is 58.3 Å². The second-order valence-corrected chi connectivity index (χ2v) is 11.8. The number of carbonyl (C=O) groups is 3. The largest absolute Gasteiger partial charge is 0.493 e. The minimum absolute atomic E-state index is 0.0113. The number of likely N-dealkylation sites (tertiary alicyclic amines) is 1. The number of carboxylic acid groups (broad SMARTS) is 1. The summed E-state index contributed by atoms with van der Waals surface area (Å²) in [5.41, 5.74) is 0.772. The molecule has 3 aliphatic rings. The maximum atomic E-state index is 13.8. The van der Waals surface area contributed by atoms with Gasteiger partial charge in [-0.05, 0) is 57.6 Å². The lowest BCUT2D eigenvalue weighted by Gasteiger charge is -2.31. The summed E-state index contributed by atoms with van der Waals surface area (Å²) in [5, 5.41) is 10.6. The van der Waals surface area contributed by atoms with Crippen molar-refractivity contribution in [1.29, 1.82) is 0 Å². The Morgan fingerprint density at radius 3 is 2.52 bits per heavy atom. The predicted octanol–water partition coefficient (Wildman–Crippen LogP) is 2.23. The van der Waals surface area contributed by atoms with Crippen molar-refractivity contribution in [3.8, 4) is 17.2 Å². The maximum absolute atomic E-state index is 13.8. The fourth-order valence-corrected chi connectivity index (χ4v) is 6.31. The second kappa shape index (κ2) is 14.3. The molecule has 3 amide bonds. The summed E-state index contributed by atoms with van der Waals surface area (Å²) >= 11 is 0. The number of rotatable bonds is 15. The molecule has 0 saturated carbocycles. The van der Waals surface area contributed by atoms with E-state index in [-0.39, 0.29) is 25.3 Å². The van der Waals surface area contributed by atoms with Crippen molar-refractivity contribution in [2.24, 2.45) is 5.92 Å². The first-order valence-electron chi connectivity index (χ1n) is 15.0. The third-order valence-electron chi connectivity index (χ3n) is 8.65. The number of amides is 3. The number of aliphatic carboxylic acids is 1. The van der Waals surface area contributed by atoms with Crippen LogP contribution in [0.5, 0.6) is 17.2 Å². The van der Waals surface area contributed by atoms with E-state index in [4.69, 9.17) is 14.2 Å². The SMILES string of the molecule is CCCCN(CCCN(C)C)C(=O)CN1C[C@H](c2cc(OC)c3c(c2)OCO3)[C@@H](C(=O)O)[C@@H]1CCN1CCN(C)C1=O. The Hall–Kier alpha value is -3.25. The van der Waals surface area contributed by atoms with Gasteiger partial charge in [-0.25, -0.2) is 4.79 Å². The number of ether oxygens (including phenoxy) is 3. The van der Waals surface area contributed by atoms with Crippen molar-refractivity contribution in [1.82, 2.24) is 24.5 Å². The summed E-state index contributed by atoms with van der Waals surface area (Å²) in [6.45, 7) is 6.62. The summed E-state index contributed by atoms with van der Waals surface area (Å²) in [7, 11) is 7.36. The first-order valence-corrected chi connectivity index (χ1v) is 15.0. The van der Waals surface area contributed by atoms with Crippen LogP contribution in [0.1, 0.15) is 44.1 Å². The van der Waals surface area contributed by atoms with Gasteiger partial charge in [-0.1, -0.05) is 13.3 Å². The Balaban J connectivity index is 1.60. The zero-order valence-corrected chi connectivity index (χ0v) is 25.7. The van der Waals surface area contributed by atoms with Gasteiger partial charge in [-0.2, -0.15) is 0 Å². The van der Waals surface area contributed by atoms with Gasteiger partial charge in [0.2, 0.25) is 18.4 Å². The Kier molecular flexibility index (Phi) is 10.8. The molecule has 234 valence electrons. The molecule has 0 radical (unpaired) electrons. The van der Waals surface area contributed by atoms with Gasteiger partial charge in [0.05, 0.1) is 19.6 Å². The molecule has 3 aliphatic heterocycles. The van der Waals surface area contributed by atoms with Crippen LogP contribution in [0.25, 0.3) is 0 Å². The van der Waals surface area contributed by atoms with Crippen molar-refractivity contribution in [2.45, 2.75) is 44.6 Å². The van der Waals surface area contributed by atoms with Crippen LogP contribution in [0.15, 0.2) is 12.1 Å². The molecule has 3 heterocycles. The molecule has 12 heteroatoms. The van der Waals surface area contributed by atoms with Crippen LogP contribution in [0.2, 0.25) is 0 Å². The molecule has 12 nitrogen and oxygen atoms in total. The molecule has 1 N–H and O–H groups in total. The van der Waals surface area contributed by atoms with Crippen LogP contribution in [-0.2, 0) is 9.59 Å². The van der Waals surface area contributed by atoms with E-state index in [1.165, 1.54) is 0 Å². The summed E-state index contributed by atoms with van der Waals surface area (Å²) < 4.78 is 16.7. The lowest BCUT2D eigenvalue weighted by molar-refractivity contribution is -0.144. The summed E-state index contributed by atoms with van der Waals surface area (Å²) in [4.78, 5) is 48.8. The number of likely N-dealkylation sites (N-methyl/N-ethyl adjacent to an activating group) is 1. The molecule has 4 rings (SSSR count). The third-order valence-corrected chi connectivity index (χ3v) is 8.65. The monoisotopic (exact) mass is 589 g/mol. The number of unbranched alkanes of at least 4 members (excludes halogenated alkanes) is 1. The van der Waals surface area contributed by atoms with E-state index in [0.29, 0.717) is 62.9 Å². The highest BCUT2D eigenvalue weighted by Gasteiger charge is 2.48. The van der Waals surface area contributed by atoms with Gasteiger partial charge >= 0.3 is 12.0 Å². The van der Waals surface area contributed by atoms with Crippen LogP contribution in [0, 0.1) is 5.92 Å². The van der Waals surface area contributed by atoms with Crippen LogP contribution in [-0.4, -0.2) is 141 Å². The van der Waals surface area contributed by atoms with Crippen molar-refractivity contribution in [3.05, 3.63) is 17.7 Å². The molecule has 1 aromatic rings. The molecule has 1 aromatic carbocycles. The first-order chi connectivity index (χ1) is 20.1. The van der Waals surface area contributed by atoms with Gasteiger partial charge in [0.25, 0.3) is 0 Å². The fraction of sp³-hybridized carbons (Fsp3) is 0.700. The number of hydrogen-bond acceptors (Lipinski definition) is 8. The quantitative estimate of drug-likeness (QED) is 0.329. The van der Waals surface area contributed by atoms with Gasteiger partial charge in [0.15, 0.2) is 11.5 Å². The number of fused-ring (bicyclic) bond motifs is 1. The molecule has 0 spiro atoms. The summed E-state index contributed by atoms with van der Waals surface area (Å²) in [5.74, 6) is -0.567. The molecule has 0 unspecified atom stereocenters. The summed E-state index contributed by atoms with van der Waals surface area (Å²) in [6, 6.07) is 3.18. The van der Waals surface area contributed by atoms with Gasteiger partial charge < -0.3 is 38.9 Å². The van der Waals surface area contributed by atoms with E-state index in [1.807, 2.05) is 36.0 Å². The van der Waals surface area contributed by atoms with Gasteiger partial charge in [-0.3, -0.25) is 14.5 Å². The maximum Gasteiger partial charge on any atom is 0.319 e. The Morgan fingerprint density at radius 2 is 1.88 bits per heavy atom. The molecule has 0 bridgehead atoms. The minimum Gasteiger partial charge on any atom is -0.493 e. The average molecular weight is 590 g/mol. The molecule has 0 aromatic heterocycles. The van der Waals surface area contributed by atoms with Crippen LogP contribution in [0.3, 0.4) is 0 Å². The molecule has 2 fully saturated rings. The lowest BCUT2D eigenvalue weighted by Crippen LogP contribution is -2.46. The van der Waals surface area contributed by atoms with Crippen molar-refractivity contribution >= 4 is 17.9 Å². The van der Waals surface area contributed by atoms with Crippen molar-refractivity contribution < 1.29 is 33.7 Å². The van der Waals surface area contributed by atoms with Crippen LogP contribution in [0.4, 0.5) is 4.79 Å². The number of nitrogens with zero attached hydrogens (tertiary/aromatic N) is 5. The Bertz CT molecular complexity index is 1120. The second-order valence-electron chi connectivity index (χ2n) is 11.8. The topological polar surface area (TPSA) is 115 Å². The van der Waals surface area contributed by atoms with Crippen molar-refractivity contribution in [3.63, 3.8) is 0 Å². The number of urea groups is 1. The smallest absolute Gasteiger partial charge is 0.319 e. The summed E-state index contributed by atoms with van der Waals surface area (Å²) in [6.07, 6.45) is 3.22. The van der Waals surface area contributed by atoms with Crippen LogP contribution < -0.4 is 14.2 Å². The molecular weight excluding hydrogens is 542 g/mol. The highest BCUT2D eigenvalue weighted by Crippen LogP contribution is 2.47. The standard InChI is InChI=1S/C30H47N5O7/c1-6-7-11-33(12-8-10-31(2)3)26(36)19-35-18-22(21-16-24(40-5)28-25(17-21)41-20-42-28)27(29(37)38)23(35)9-13-34-15-14-32(4)30(34)39/h16-17,22-23,27H,6-15,18-20H2,1-5H3,(H,37,38)/t22-,23+,27-/m1/s1. The normalized spacial score (nSPS) is 22.0. The first kappa shape index (κ1) is 31.7. The van der Waals surface area contributed by atoms with E-state index in [2.05, 4.69) is 11.8 Å². The molecular formula is C30H47N5O7. The predicted molar refractivity (Wildman–Crippen MR) is 157 cm³/mol. The number of carboxylic acids is 1. The van der Waals surface area contributed by atoms with E-state index in [0.717, 1.165) is 31.4 Å². The highest BCUT2D eigenvalue weighted by atomic mass is 16.7. The molecule has 0 aliphatic carbocycles. The van der Waals surface area contributed by atoms with Crippen molar-refractivity contribution in [2.75, 3.05) is 87.4 Å². The average Bonchev–Trinajstić information content (AvgIpc) is 3.66. The Labute approximate surface area is 249 Å². The number of carbonyl (C=O) groups excluding carboxylic acids is 2. The number of hydrogen-bond donors (Lipinski definition) is 1. The number of benzene rings is 1. The number of methoxy groups -OCH3 is 1. The molecule has 2 saturated heterocycles. The van der Waals surface area contributed by atoms with E-state index in [1.54, 1.807) is 24.0 Å². The van der Waals surface area contributed by atoms with Crippen LogP contribution >= 0.6 is 0 Å². The van der Waals surface area contributed by atoms with E-state index < -0.39 is 23.8 Å². The Morgan fingerprint density at radius 1 is 1.12 bits per heavy atom. The third kappa shape index (κ3) is 7.20.